The number of hydrogen-bond acceptors (Lipinski definition) is 2. The second kappa shape index (κ2) is 5.49. The van der Waals surface area contributed by atoms with Gasteiger partial charge in [0.05, 0.1) is 4.88 Å². The molecular formula is C16H18OS. The number of carbonyl (C=O) groups excluding carboxylic acids is 1. The first-order valence-electron chi connectivity index (χ1n) is 6.38. The van der Waals surface area contributed by atoms with Crippen LogP contribution in [0.4, 0.5) is 0 Å². The number of thiophene rings is 1. The smallest absolute Gasteiger partial charge is 0.203 e. The normalized spacial score (nSPS) is 10.6. The lowest BCUT2D eigenvalue weighted by molar-refractivity contribution is 0.104. The molecule has 2 rings (SSSR count). The maximum atomic E-state index is 12.5. The van der Waals surface area contributed by atoms with Crippen LogP contribution in [0.5, 0.6) is 0 Å². The summed E-state index contributed by atoms with van der Waals surface area (Å²) >= 11 is 1.57. The Labute approximate surface area is 112 Å². The van der Waals surface area contributed by atoms with Gasteiger partial charge in [-0.3, -0.25) is 4.79 Å². The fourth-order valence-electron chi connectivity index (χ4n) is 2.05. The number of benzene rings is 1. The van der Waals surface area contributed by atoms with E-state index in [1.165, 1.54) is 10.4 Å². The van der Waals surface area contributed by atoms with Gasteiger partial charge in [0.15, 0.2) is 0 Å². The Morgan fingerprint density at radius 2 is 1.89 bits per heavy atom. The fourth-order valence-corrected chi connectivity index (χ4v) is 2.87. The molecule has 0 saturated heterocycles. The molecule has 0 bridgehead atoms. The van der Waals surface area contributed by atoms with Crippen LogP contribution in [0.15, 0.2) is 30.3 Å². The lowest BCUT2D eigenvalue weighted by atomic mass is 9.97. The summed E-state index contributed by atoms with van der Waals surface area (Å²) in [6.45, 7) is 6.24. The Morgan fingerprint density at radius 3 is 2.44 bits per heavy atom. The van der Waals surface area contributed by atoms with Crippen LogP contribution < -0.4 is 0 Å². The van der Waals surface area contributed by atoms with Crippen LogP contribution in [0.1, 0.15) is 45.1 Å². The SMILES string of the molecule is CCc1ccc(CC)c(C(=O)c2ccc(C)s2)c1. The van der Waals surface area contributed by atoms with Crippen LogP contribution in [-0.4, -0.2) is 5.78 Å². The number of ketones is 1. The van der Waals surface area contributed by atoms with Gasteiger partial charge in [0, 0.05) is 10.4 Å². The molecule has 0 amide bonds. The lowest BCUT2D eigenvalue weighted by Gasteiger charge is -2.08. The van der Waals surface area contributed by atoms with Gasteiger partial charge < -0.3 is 0 Å². The summed E-state index contributed by atoms with van der Waals surface area (Å²) in [5.74, 6) is 0.167. The summed E-state index contributed by atoms with van der Waals surface area (Å²) in [5, 5.41) is 0. The molecular weight excluding hydrogens is 240 g/mol. The predicted octanol–water partition coefficient (Wildman–Crippen LogP) is 4.41. The first-order chi connectivity index (χ1) is 8.65. The molecule has 0 aliphatic rings. The Kier molecular flexibility index (Phi) is 3.97. The molecule has 0 aliphatic carbocycles. The average molecular weight is 258 g/mol. The Morgan fingerprint density at radius 1 is 1.11 bits per heavy atom. The largest absolute Gasteiger partial charge is 0.288 e. The van der Waals surface area contributed by atoms with Crippen molar-refractivity contribution in [3.63, 3.8) is 0 Å². The van der Waals surface area contributed by atoms with E-state index in [2.05, 4.69) is 32.0 Å². The van der Waals surface area contributed by atoms with E-state index in [9.17, 15) is 4.79 Å². The monoisotopic (exact) mass is 258 g/mol. The van der Waals surface area contributed by atoms with Crippen molar-refractivity contribution in [2.45, 2.75) is 33.6 Å². The van der Waals surface area contributed by atoms with E-state index in [-0.39, 0.29) is 5.78 Å². The zero-order chi connectivity index (χ0) is 13.1. The molecule has 1 aromatic heterocycles. The summed E-state index contributed by atoms with van der Waals surface area (Å²) < 4.78 is 0. The van der Waals surface area contributed by atoms with Gasteiger partial charge in [-0.1, -0.05) is 26.0 Å². The van der Waals surface area contributed by atoms with Crippen molar-refractivity contribution in [1.82, 2.24) is 0 Å². The maximum Gasteiger partial charge on any atom is 0.203 e. The zero-order valence-corrected chi connectivity index (χ0v) is 11.9. The molecule has 0 atom stereocenters. The third-order valence-corrected chi connectivity index (χ3v) is 4.17. The standard InChI is InChI=1S/C16H18OS/c1-4-12-7-8-13(5-2)14(10-12)16(17)15-9-6-11(3)18-15/h6-10H,4-5H2,1-3H3. The molecule has 94 valence electrons. The summed E-state index contributed by atoms with van der Waals surface area (Å²) in [7, 11) is 0. The summed E-state index contributed by atoms with van der Waals surface area (Å²) in [5.41, 5.74) is 3.24. The van der Waals surface area contributed by atoms with Crippen molar-refractivity contribution in [2.24, 2.45) is 0 Å². The molecule has 18 heavy (non-hydrogen) atoms. The molecule has 0 fully saturated rings. The highest BCUT2D eigenvalue weighted by molar-refractivity contribution is 7.14. The van der Waals surface area contributed by atoms with Crippen LogP contribution in [0.3, 0.4) is 0 Å². The van der Waals surface area contributed by atoms with Crippen molar-refractivity contribution in [2.75, 3.05) is 0 Å². The maximum absolute atomic E-state index is 12.5. The van der Waals surface area contributed by atoms with Gasteiger partial charge in [-0.15, -0.1) is 11.3 Å². The average Bonchev–Trinajstić information content (AvgIpc) is 2.83. The summed E-state index contributed by atoms with van der Waals surface area (Å²) in [6, 6.07) is 10.2. The molecule has 0 N–H and O–H groups in total. The van der Waals surface area contributed by atoms with Crippen molar-refractivity contribution >= 4 is 17.1 Å². The molecule has 0 saturated carbocycles. The molecule has 0 unspecified atom stereocenters. The van der Waals surface area contributed by atoms with Gasteiger partial charge >= 0.3 is 0 Å². The van der Waals surface area contributed by atoms with Crippen LogP contribution in [0, 0.1) is 6.92 Å². The highest BCUT2D eigenvalue weighted by Gasteiger charge is 2.14. The van der Waals surface area contributed by atoms with Crippen molar-refractivity contribution in [1.29, 1.82) is 0 Å². The van der Waals surface area contributed by atoms with Crippen molar-refractivity contribution < 1.29 is 4.79 Å². The third-order valence-electron chi connectivity index (χ3n) is 3.17. The van der Waals surface area contributed by atoms with Gasteiger partial charge in [0.2, 0.25) is 5.78 Å². The highest BCUT2D eigenvalue weighted by Crippen LogP contribution is 2.22. The van der Waals surface area contributed by atoms with E-state index in [1.807, 2.05) is 19.1 Å². The van der Waals surface area contributed by atoms with Crippen molar-refractivity contribution in [3.8, 4) is 0 Å². The topological polar surface area (TPSA) is 17.1 Å². The quantitative estimate of drug-likeness (QED) is 0.742. The van der Waals surface area contributed by atoms with Crippen LogP contribution in [-0.2, 0) is 12.8 Å². The molecule has 2 heteroatoms. The molecule has 1 heterocycles. The minimum Gasteiger partial charge on any atom is -0.288 e. The first kappa shape index (κ1) is 13.0. The minimum atomic E-state index is 0.167. The second-order valence-electron chi connectivity index (χ2n) is 4.44. The van der Waals surface area contributed by atoms with Gasteiger partial charge in [-0.2, -0.15) is 0 Å². The molecule has 2 aromatic rings. The molecule has 0 spiro atoms. The van der Waals surface area contributed by atoms with E-state index in [1.54, 1.807) is 11.3 Å². The third kappa shape index (κ3) is 2.54. The Balaban J connectivity index is 2.45. The van der Waals surface area contributed by atoms with E-state index in [0.29, 0.717) is 0 Å². The Hall–Kier alpha value is -1.41. The van der Waals surface area contributed by atoms with Crippen molar-refractivity contribution in [3.05, 3.63) is 56.8 Å². The minimum absolute atomic E-state index is 0.167. The predicted molar refractivity (Wildman–Crippen MR) is 77.7 cm³/mol. The summed E-state index contributed by atoms with van der Waals surface area (Å²) in [4.78, 5) is 14.5. The van der Waals surface area contributed by atoms with Gasteiger partial charge in [-0.05, 0) is 49.1 Å². The van der Waals surface area contributed by atoms with Crippen LogP contribution in [0.2, 0.25) is 0 Å². The highest BCUT2D eigenvalue weighted by atomic mass is 32.1. The molecule has 1 nitrogen and oxygen atoms in total. The number of carbonyl (C=O) groups is 1. The fraction of sp³-hybridized carbons (Fsp3) is 0.312. The number of rotatable bonds is 4. The number of aryl methyl sites for hydroxylation is 3. The van der Waals surface area contributed by atoms with Gasteiger partial charge in [-0.25, -0.2) is 0 Å². The van der Waals surface area contributed by atoms with E-state index in [0.717, 1.165) is 28.8 Å². The van der Waals surface area contributed by atoms with Crippen LogP contribution >= 0.6 is 11.3 Å². The van der Waals surface area contributed by atoms with Gasteiger partial charge in [0.1, 0.15) is 0 Å². The van der Waals surface area contributed by atoms with Gasteiger partial charge in [0.25, 0.3) is 0 Å². The summed E-state index contributed by atoms with van der Waals surface area (Å²) in [6.07, 6.45) is 1.86. The lowest BCUT2D eigenvalue weighted by Crippen LogP contribution is -2.04. The van der Waals surface area contributed by atoms with Crippen LogP contribution in [0.25, 0.3) is 0 Å². The van der Waals surface area contributed by atoms with E-state index >= 15 is 0 Å². The number of hydrogen-bond donors (Lipinski definition) is 0. The molecule has 0 aliphatic heterocycles. The zero-order valence-electron chi connectivity index (χ0n) is 11.1. The molecule has 1 aromatic carbocycles. The Bertz CT molecular complexity index is 566. The van der Waals surface area contributed by atoms with E-state index < -0.39 is 0 Å². The van der Waals surface area contributed by atoms with E-state index in [4.69, 9.17) is 0 Å². The molecule has 0 radical (unpaired) electrons. The second-order valence-corrected chi connectivity index (χ2v) is 5.73. The first-order valence-corrected chi connectivity index (χ1v) is 7.20.